The third kappa shape index (κ3) is 2.67. The van der Waals surface area contributed by atoms with E-state index in [0.717, 1.165) is 18.9 Å². The minimum atomic E-state index is -0.524. The normalized spacial score (nSPS) is 25.5. The lowest BCUT2D eigenvalue weighted by atomic mass is 10.1. The predicted octanol–water partition coefficient (Wildman–Crippen LogP) is 3.57. The highest BCUT2D eigenvalue weighted by atomic mass is 19.1. The molecule has 0 spiro atoms. The van der Waals surface area contributed by atoms with Crippen molar-refractivity contribution in [3.63, 3.8) is 0 Å². The molecule has 3 heteroatoms. The summed E-state index contributed by atoms with van der Waals surface area (Å²) in [4.78, 5) is 0. The molecule has 0 unspecified atom stereocenters. The number of nitrogens with one attached hydrogen (secondary N) is 1. The van der Waals surface area contributed by atoms with Crippen molar-refractivity contribution in [3.05, 3.63) is 29.8 Å². The average molecular weight is 211 g/mol. The van der Waals surface area contributed by atoms with E-state index in [1.165, 1.54) is 18.6 Å². The van der Waals surface area contributed by atoms with Crippen LogP contribution in [0.2, 0.25) is 0 Å². The first kappa shape index (κ1) is 10.4. The van der Waals surface area contributed by atoms with Gasteiger partial charge < -0.3 is 5.32 Å². The molecule has 1 aliphatic rings. The van der Waals surface area contributed by atoms with Gasteiger partial charge in [-0.15, -0.1) is 0 Å². The van der Waals surface area contributed by atoms with Gasteiger partial charge in [0, 0.05) is 17.8 Å². The molecule has 1 nitrogen and oxygen atoms in total. The molecule has 0 heterocycles. The van der Waals surface area contributed by atoms with Crippen molar-refractivity contribution >= 4 is 5.69 Å². The van der Waals surface area contributed by atoms with Crippen molar-refractivity contribution in [2.24, 2.45) is 5.92 Å². The fourth-order valence-electron chi connectivity index (χ4n) is 2.21. The molecule has 2 atom stereocenters. The van der Waals surface area contributed by atoms with E-state index in [0.29, 0.717) is 17.6 Å². The molecule has 0 aromatic heterocycles. The van der Waals surface area contributed by atoms with E-state index in [9.17, 15) is 8.78 Å². The quantitative estimate of drug-likeness (QED) is 0.788. The van der Waals surface area contributed by atoms with Gasteiger partial charge in [0.25, 0.3) is 0 Å². The van der Waals surface area contributed by atoms with Gasteiger partial charge in [0.05, 0.1) is 0 Å². The maximum atomic E-state index is 12.9. The van der Waals surface area contributed by atoms with Gasteiger partial charge >= 0.3 is 0 Å². The molecule has 0 bridgehead atoms. The minimum absolute atomic E-state index is 0.362. The Kier molecular flexibility index (Phi) is 2.89. The number of benzene rings is 1. The van der Waals surface area contributed by atoms with Gasteiger partial charge in [-0.25, -0.2) is 8.78 Å². The first-order valence-corrected chi connectivity index (χ1v) is 5.36. The summed E-state index contributed by atoms with van der Waals surface area (Å²) in [6.45, 7) is 2.20. The van der Waals surface area contributed by atoms with Crippen LogP contribution in [0.1, 0.15) is 26.2 Å². The molecule has 0 saturated heterocycles. The minimum Gasteiger partial charge on any atom is -0.382 e. The molecule has 1 saturated carbocycles. The highest BCUT2D eigenvalue weighted by Crippen LogP contribution is 2.27. The zero-order valence-electron chi connectivity index (χ0n) is 8.76. The third-order valence-electron chi connectivity index (χ3n) is 2.93. The highest BCUT2D eigenvalue weighted by Gasteiger charge is 2.21. The van der Waals surface area contributed by atoms with Crippen molar-refractivity contribution in [3.8, 4) is 0 Å². The van der Waals surface area contributed by atoms with Gasteiger partial charge in [-0.05, 0) is 37.3 Å². The third-order valence-corrected chi connectivity index (χ3v) is 2.93. The van der Waals surface area contributed by atoms with E-state index >= 15 is 0 Å². The molecule has 0 radical (unpaired) electrons. The highest BCUT2D eigenvalue weighted by molar-refractivity contribution is 5.44. The van der Waals surface area contributed by atoms with Crippen LogP contribution in [0.3, 0.4) is 0 Å². The molecule has 2 rings (SSSR count). The molecule has 0 aliphatic heterocycles. The summed E-state index contributed by atoms with van der Waals surface area (Å²) in [6, 6.07) is 3.93. The summed E-state index contributed by atoms with van der Waals surface area (Å²) in [5.41, 5.74) is 0.548. The van der Waals surface area contributed by atoms with E-state index in [1.54, 1.807) is 0 Å². The SMILES string of the molecule is C[C@@H]1CC[C@@H](Nc2cc(F)cc(F)c2)C1. The predicted molar refractivity (Wildman–Crippen MR) is 56.8 cm³/mol. The molecule has 1 fully saturated rings. The van der Waals surface area contributed by atoms with Gasteiger partial charge in [-0.3, -0.25) is 0 Å². The topological polar surface area (TPSA) is 12.0 Å². The molecule has 1 aliphatic carbocycles. The second-order valence-electron chi connectivity index (χ2n) is 4.42. The molecule has 82 valence electrons. The number of hydrogen-bond donors (Lipinski definition) is 1. The van der Waals surface area contributed by atoms with Crippen LogP contribution >= 0.6 is 0 Å². The van der Waals surface area contributed by atoms with E-state index < -0.39 is 11.6 Å². The van der Waals surface area contributed by atoms with Crippen LogP contribution in [-0.4, -0.2) is 6.04 Å². The zero-order valence-corrected chi connectivity index (χ0v) is 8.76. The van der Waals surface area contributed by atoms with Gasteiger partial charge in [-0.2, -0.15) is 0 Å². The maximum Gasteiger partial charge on any atom is 0.128 e. The first-order chi connectivity index (χ1) is 7.13. The average Bonchev–Trinajstić information content (AvgIpc) is 2.49. The molecule has 15 heavy (non-hydrogen) atoms. The van der Waals surface area contributed by atoms with Gasteiger partial charge in [0.15, 0.2) is 0 Å². The lowest BCUT2D eigenvalue weighted by Gasteiger charge is -2.13. The van der Waals surface area contributed by atoms with Crippen LogP contribution in [0.4, 0.5) is 14.5 Å². The smallest absolute Gasteiger partial charge is 0.128 e. The Labute approximate surface area is 88.5 Å². The lowest BCUT2D eigenvalue weighted by molar-refractivity contribution is 0.582. The zero-order chi connectivity index (χ0) is 10.8. The van der Waals surface area contributed by atoms with Crippen molar-refractivity contribution in [2.75, 3.05) is 5.32 Å². The fraction of sp³-hybridized carbons (Fsp3) is 0.500. The van der Waals surface area contributed by atoms with E-state index in [1.807, 2.05) is 0 Å². The van der Waals surface area contributed by atoms with Crippen molar-refractivity contribution in [2.45, 2.75) is 32.2 Å². The standard InChI is InChI=1S/C12H15F2N/c1-8-2-3-11(4-8)15-12-6-9(13)5-10(14)7-12/h5-8,11,15H,2-4H2,1H3/t8-,11-/m1/s1. The Morgan fingerprint density at radius 3 is 2.33 bits per heavy atom. The molecule has 1 N–H and O–H groups in total. The van der Waals surface area contributed by atoms with Gasteiger partial charge in [0.1, 0.15) is 11.6 Å². The van der Waals surface area contributed by atoms with Crippen LogP contribution in [0.15, 0.2) is 18.2 Å². The summed E-state index contributed by atoms with van der Waals surface area (Å²) < 4.78 is 25.8. The molecular weight excluding hydrogens is 196 g/mol. The summed E-state index contributed by atoms with van der Waals surface area (Å²) in [5, 5.41) is 3.17. The number of hydrogen-bond acceptors (Lipinski definition) is 1. The van der Waals surface area contributed by atoms with Crippen LogP contribution < -0.4 is 5.32 Å². The van der Waals surface area contributed by atoms with Crippen LogP contribution in [0.5, 0.6) is 0 Å². The molecule has 0 amide bonds. The number of rotatable bonds is 2. The van der Waals surface area contributed by atoms with E-state index in [2.05, 4.69) is 12.2 Å². The fourth-order valence-corrected chi connectivity index (χ4v) is 2.21. The number of halogens is 2. The molecular formula is C12H15F2N. The summed E-state index contributed by atoms with van der Waals surface area (Å²) in [5.74, 6) is -0.340. The first-order valence-electron chi connectivity index (χ1n) is 5.36. The summed E-state index contributed by atoms with van der Waals surface area (Å²) in [6.07, 6.45) is 3.35. The van der Waals surface area contributed by atoms with Crippen LogP contribution in [0.25, 0.3) is 0 Å². The Balaban J connectivity index is 2.04. The number of anilines is 1. The van der Waals surface area contributed by atoms with Crippen molar-refractivity contribution in [1.29, 1.82) is 0 Å². The monoisotopic (exact) mass is 211 g/mol. The van der Waals surface area contributed by atoms with Gasteiger partial charge in [0.2, 0.25) is 0 Å². The Morgan fingerprint density at radius 2 is 1.80 bits per heavy atom. The van der Waals surface area contributed by atoms with Crippen molar-refractivity contribution < 1.29 is 8.78 Å². The van der Waals surface area contributed by atoms with Crippen LogP contribution in [-0.2, 0) is 0 Å². The Bertz CT molecular complexity index is 331. The van der Waals surface area contributed by atoms with Gasteiger partial charge in [-0.1, -0.05) is 6.92 Å². The summed E-state index contributed by atoms with van der Waals surface area (Å²) in [7, 11) is 0. The molecule has 1 aromatic carbocycles. The molecule has 1 aromatic rings. The van der Waals surface area contributed by atoms with E-state index in [4.69, 9.17) is 0 Å². The maximum absolute atomic E-state index is 12.9. The lowest BCUT2D eigenvalue weighted by Crippen LogP contribution is -2.15. The van der Waals surface area contributed by atoms with Crippen molar-refractivity contribution in [1.82, 2.24) is 0 Å². The Morgan fingerprint density at radius 1 is 1.13 bits per heavy atom. The Hall–Kier alpha value is -1.12. The van der Waals surface area contributed by atoms with Crippen LogP contribution in [0, 0.1) is 17.6 Å². The summed E-state index contributed by atoms with van der Waals surface area (Å²) >= 11 is 0. The largest absolute Gasteiger partial charge is 0.382 e. The second kappa shape index (κ2) is 4.17. The second-order valence-corrected chi connectivity index (χ2v) is 4.42. The van der Waals surface area contributed by atoms with E-state index in [-0.39, 0.29) is 0 Å².